The highest BCUT2D eigenvalue weighted by Gasteiger charge is 2.13. The number of nitrogens with one attached hydrogen (secondary N) is 2. The lowest BCUT2D eigenvalue weighted by molar-refractivity contribution is 0.418. The molecule has 0 bridgehead atoms. The predicted octanol–water partition coefficient (Wildman–Crippen LogP) is 1.51. The molecule has 72 valence electrons. The molecule has 0 amide bonds. The normalized spacial score (nSPS) is 23.3. The quantitative estimate of drug-likeness (QED) is 0.783. The summed E-state index contributed by atoms with van der Waals surface area (Å²) in [5.41, 5.74) is 0. The molecular weight excluding hydrogens is 204 g/mol. The molecule has 4 heteroatoms. The molecule has 1 saturated heterocycles. The van der Waals surface area contributed by atoms with Crippen LogP contribution >= 0.6 is 22.9 Å². The zero-order chi connectivity index (χ0) is 9.10. The summed E-state index contributed by atoms with van der Waals surface area (Å²) in [6.45, 7) is 3.22. The van der Waals surface area contributed by atoms with Crippen molar-refractivity contribution in [2.75, 3.05) is 19.6 Å². The van der Waals surface area contributed by atoms with Gasteiger partial charge in [0.15, 0.2) is 0 Å². The lowest BCUT2D eigenvalue weighted by Crippen LogP contribution is -2.49. The van der Waals surface area contributed by atoms with Crippen molar-refractivity contribution in [2.24, 2.45) is 0 Å². The average molecular weight is 217 g/mol. The number of thiophene rings is 1. The van der Waals surface area contributed by atoms with Crippen LogP contribution in [-0.2, 0) is 6.42 Å². The Labute approximate surface area is 87.3 Å². The van der Waals surface area contributed by atoms with E-state index in [0.717, 1.165) is 30.4 Å². The third-order valence-electron chi connectivity index (χ3n) is 2.20. The van der Waals surface area contributed by atoms with Crippen LogP contribution in [-0.4, -0.2) is 25.7 Å². The van der Waals surface area contributed by atoms with Crippen molar-refractivity contribution in [3.63, 3.8) is 0 Å². The first kappa shape index (κ1) is 9.46. The van der Waals surface area contributed by atoms with Crippen LogP contribution in [0.2, 0.25) is 4.34 Å². The lowest BCUT2D eigenvalue weighted by Gasteiger charge is -2.23. The summed E-state index contributed by atoms with van der Waals surface area (Å²) in [6.07, 6.45) is 1.09. The van der Waals surface area contributed by atoms with Gasteiger partial charge in [-0.25, -0.2) is 0 Å². The summed E-state index contributed by atoms with van der Waals surface area (Å²) in [7, 11) is 0. The highest BCUT2D eigenvalue weighted by molar-refractivity contribution is 7.16. The van der Waals surface area contributed by atoms with E-state index in [4.69, 9.17) is 11.6 Å². The molecule has 0 spiro atoms. The summed E-state index contributed by atoms with van der Waals surface area (Å²) in [5, 5.41) is 6.85. The van der Waals surface area contributed by atoms with Gasteiger partial charge in [-0.3, -0.25) is 0 Å². The third-order valence-corrected chi connectivity index (χ3v) is 3.46. The van der Waals surface area contributed by atoms with Crippen molar-refractivity contribution in [1.29, 1.82) is 0 Å². The van der Waals surface area contributed by atoms with Gasteiger partial charge in [-0.15, -0.1) is 11.3 Å². The molecule has 1 aromatic rings. The summed E-state index contributed by atoms with van der Waals surface area (Å²) >= 11 is 7.54. The number of halogens is 1. The van der Waals surface area contributed by atoms with Crippen molar-refractivity contribution >= 4 is 22.9 Å². The number of piperazine rings is 1. The van der Waals surface area contributed by atoms with Crippen molar-refractivity contribution in [1.82, 2.24) is 10.6 Å². The second kappa shape index (κ2) is 4.42. The van der Waals surface area contributed by atoms with E-state index in [1.54, 1.807) is 11.3 Å². The first-order valence-corrected chi connectivity index (χ1v) is 5.72. The molecule has 0 aromatic carbocycles. The molecule has 1 aromatic heterocycles. The molecule has 13 heavy (non-hydrogen) atoms. The highest BCUT2D eigenvalue weighted by atomic mass is 35.5. The van der Waals surface area contributed by atoms with Gasteiger partial charge >= 0.3 is 0 Å². The first-order valence-electron chi connectivity index (χ1n) is 4.53. The molecule has 0 radical (unpaired) electrons. The van der Waals surface area contributed by atoms with Crippen LogP contribution in [0.4, 0.5) is 0 Å². The molecular formula is C9H13ClN2S. The summed E-state index contributed by atoms with van der Waals surface area (Å²) < 4.78 is 0.888. The Bertz CT molecular complexity index is 268. The molecule has 2 heterocycles. The minimum atomic E-state index is 0.573. The van der Waals surface area contributed by atoms with Crippen LogP contribution in [0.25, 0.3) is 0 Å². The van der Waals surface area contributed by atoms with Crippen LogP contribution in [0.1, 0.15) is 4.88 Å². The molecule has 2 nitrogen and oxygen atoms in total. The Kier molecular flexibility index (Phi) is 3.22. The molecule has 2 rings (SSSR count). The number of hydrogen-bond acceptors (Lipinski definition) is 3. The third kappa shape index (κ3) is 2.68. The lowest BCUT2D eigenvalue weighted by atomic mass is 10.1. The largest absolute Gasteiger partial charge is 0.314 e. The van der Waals surface area contributed by atoms with Gasteiger partial charge in [-0.2, -0.15) is 0 Å². The smallest absolute Gasteiger partial charge is 0.0931 e. The second-order valence-corrected chi connectivity index (χ2v) is 5.06. The fourth-order valence-corrected chi connectivity index (χ4v) is 2.73. The van der Waals surface area contributed by atoms with Crippen molar-refractivity contribution < 1.29 is 0 Å². The van der Waals surface area contributed by atoms with E-state index in [9.17, 15) is 0 Å². The van der Waals surface area contributed by atoms with Crippen molar-refractivity contribution in [2.45, 2.75) is 12.5 Å². The van der Waals surface area contributed by atoms with E-state index < -0.39 is 0 Å². The predicted molar refractivity (Wildman–Crippen MR) is 57.7 cm³/mol. The maximum absolute atomic E-state index is 5.86. The molecule has 2 N–H and O–H groups in total. The van der Waals surface area contributed by atoms with E-state index in [1.807, 2.05) is 6.07 Å². The van der Waals surface area contributed by atoms with Crippen LogP contribution < -0.4 is 10.6 Å². The van der Waals surface area contributed by atoms with E-state index in [1.165, 1.54) is 4.88 Å². The van der Waals surface area contributed by atoms with E-state index in [-0.39, 0.29) is 0 Å². The first-order chi connectivity index (χ1) is 6.34. The topological polar surface area (TPSA) is 24.1 Å². The molecule has 1 unspecified atom stereocenters. The van der Waals surface area contributed by atoms with Crippen LogP contribution in [0, 0.1) is 0 Å². The van der Waals surface area contributed by atoms with Crippen molar-refractivity contribution in [3.8, 4) is 0 Å². The van der Waals surface area contributed by atoms with Gasteiger partial charge in [0.2, 0.25) is 0 Å². The van der Waals surface area contributed by atoms with E-state index >= 15 is 0 Å². The summed E-state index contributed by atoms with van der Waals surface area (Å²) in [6, 6.07) is 4.66. The Balaban J connectivity index is 1.89. The fourth-order valence-electron chi connectivity index (χ4n) is 1.56. The Morgan fingerprint density at radius 3 is 3.00 bits per heavy atom. The molecule has 0 saturated carbocycles. The zero-order valence-corrected chi connectivity index (χ0v) is 8.92. The monoisotopic (exact) mass is 216 g/mol. The number of hydrogen-bond donors (Lipinski definition) is 2. The molecule has 1 aliphatic heterocycles. The van der Waals surface area contributed by atoms with E-state index in [2.05, 4.69) is 16.7 Å². The maximum atomic E-state index is 5.86. The van der Waals surface area contributed by atoms with Gasteiger partial charge in [-0.1, -0.05) is 11.6 Å². The zero-order valence-electron chi connectivity index (χ0n) is 7.35. The van der Waals surface area contributed by atoms with Crippen LogP contribution in [0.3, 0.4) is 0 Å². The minimum Gasteiger partial charge on any atom is -0.314 e. The molecule has 1 fully saturated rings. The van der Waals surface area contributed by atoms with Crippen molar-refractivity contribution in [3.05, 3.63) is 21.3 Å². The maximum Gasteiger partial charge on any atom is 0.0931 e. The van der Waals surface area contributed by atoms with Gasteiger partial charge in [0.05, 0.1) is 4.34 Å². The van der Waals surface area contributed by atoms with Gasteiger partial charge in [0.1, 0.15) is 0 Å². The van der Waals surface area contributed by atoms with Crippen LogP contribution in [0.5, 0.6) is 0 Å². The van der Waals surface area contributed by atoms with Gasteiger partial charge in [0.25, 0.3) is 0 Å². The molecule has 1 aliphatic rings. The van der Waals surface area contributed by atoms with Crippen LogP contribution in [0.15, 0.2) is 12.1 Å². The standard InChI is InChI=1S/C9H13ClN2S/c10-9-2-1-8(13-9)5-7-6-11-3-4-12-7/h1-2,7,11-12H,3-6H2. The Hall–Kier alpha value is -0.0900. The number of rotatable bonds is 2. The minimum absolute atomic E-state index is 0.573. The van der Waals surface area contributed by atoms with Gasteiger partial charge in [-0.05, 0) is 18.6 Å². The van der Waals surface area contributed by atoms with E-state index in [0.29, 0.717) is 6.04 Å². The molecule has 0 aliphatic carbocycles. The molecule has 1 atom stereocenters. The van der Waals surface area contributed by atoms with Gasteiger partial charge < -0.3 is 10.6 Å². The summed E-state index contributed by atoms with van der Waals surface area (Å²) in [4.78, 5) is 1.37. The summed E-state index contributed by atoms with van der Waals surface area (Å²) in [5.74, 6) is 0. The van der Waals surface area contributed by atoms with Gasteiger partial charge in [0, 0.05) is 30.6 Å². The Morgan fingerprint density at radius 2 is 2.38 bits per heavy atom. The SMILES string of the molecule is Clc1ccc(CC2CNCCN2)s1. The second-order valence-electron chi connectivity index (χ2n) is 3.27. The average Bonchev–Trinajstić information content (AvgIpc) is 2.53. The fraction of sp³-hybridized carbons (Fsp3) is 0.556. The highest BCUT2D eigenvalue weighted by Crippen LogP contribution is 2.22. The Morgan fingerprint density at radius 1 is 1.46 bits per heavy atom.